The third-order valence-corrected chi connectivity index (χ3v) is 5.69. The quantitative estimate of drug-likeness (QED) is 0.613. The molecule has 1 aromatic carbocycles. The van der Waals surface area contributed by atoms with Gasteiger partial charge in [-0.05, 0) is 29.4 Å². The summed E-state index contributed by atoms with van der Waals surface area (Å²) in [5.41, 5.74) is 2.97. The zero-order chi connectivity index (χ0) is 19.9. The lowest BCUT2D eigenvalue weighted by Crippen LogP contribution is -2.38. The first-order valence-electron chi connectivity index (χ1n) is 9.45. The summed E-state index contributed by atoms with van der Waals surface area (Å²) in [6, 6.07) is 6.04. The van der Waals surface area contributed by atoms with Gasteiger partial charge in [-0.15, -0.1) is 0 Å². The maximum Gasteiger partial charge on any atom is 0.239 e. The molecule has 1 rings (SSSR count). The molecule has 0 fully saturated rings. The van der Waals surface area contributed by atoms with E-state index in [0.29, 0.717) is 6.54 Å². The number of benzene rings is 1. The van der Waals surface area contributed by atoms with E-state index in [0.717, 1.165) is 42.3 Å². The molecule has 0 saturated heterocycles. The van der Waals surface area contributed by atoms with Crippen LogP contribution >= 0.6 is 0 Å². The van der Waals surface area contributed by atoms with Crippen LogP contribution in [0.15, 0.2) is 18.2 Å². The Morgan fingerprint density at radius 3 is 2.04 bits per heavy atom. The number of amides is 1. The van der Waals surface area contributed by atoms with Gasteiger partial charge in [-0.25, -0.2) is 8.42 Å². The Balaban J connectivity index is 3.01. The molecule has 0 unspecified atom stereocenters. The average Bonchev–Trinajstić information content (AvgIpc) is 2.52. The summed E-state index contributed by atoms with van der Waals surface area (Å²) in [7, 11) is -3.41. The van der Waals surface area contributed by atoms with Crippen LogP contribution in [-0.2, 0) is 14.8 Å². The van der Waals surface area contributed by atoms with E-state index in [1.807, 2.05) is 18.2 Å². The van der Waals surface area contributed by atoms with Gasteiger partial charge in [0.1, 0.15) is 0 Å². The molecular weight excluding hydrogens is 348 g/mol. The Labute approximate surface area is 159 Å². The standard InChI is InChI=1S/C20H34N2O3S/c1-7-8-9-13-22(26(6,24)25)14-19(23)21-20-17(15(2)3)11-10-12-18(20)16(4)5/h10-12,15-16H,7-9,13-14H2,1-6H3,(H,21,23). The van der Waals surface area contributed by atoms with Gasteiger partial charge in [-0.3, -0.25) is 4.79 Å². The predicted molar refractivity (Wildman–Crippen MR) is 109 cm³/mol. The number of unbranched alkanes of at least 4 members (excludes halogenated alkanes) is 2. The van der Waals surface area contributed by atoms with Crippen LogP contribution in [0, 0.1) is 0 Å². The molecule has 1 aromatic rings. The maximum absolute atomic E-state index is 12.6. The van der Waals surface area contributed by atoms with Crippen molar-refractivity contribution in [2.24, 2.45) is 0 Å². The van der Waals surface area contributed by atoms with E-state index in [1.165, 1.54) is 4.31 Å². The Kier molecular flexibility index (Phi) is 8.77. The summed E-state index contributed by atoms with van der Waals surface area (Å²) in [5, 5.41) is 2.99. The number of carbonyl (C=O) groups is 1. The summed E-state index contributed by atoms with van der Waals surface area (Å²) in [6.07, 6.45) is 3.87. The summed E-state index contributed by atoms with van der Waals surface area (Å²) in [6.45, 7) is 10.6. The molecule has 0 aromatic heterocycles. The lowest BCUT2D eigenvalue weighted by molar-refractivity contribution is -0.116. The second kappa shape index (κ2) is 10.1. The van der Waals surface area contributed by atoms with E-state index in [9.17, 15) is 13.2 Å². The third-order valence-electron chi connectivity index (χ3n) is 4.44. The molecule has 148 valence electrons. The summed E-state index contributed by atoms with van der Waals surface area (Å²) >= 11 is 0. The lowest BCUT2D eigenvalue weighted by Gasteiger charge is -2.23. The zero-order valence-electron chi connectivity index (χ0n) is 17.0. The van der Waals surface area contributed by atoms with Crippen LogP contribution in [0.2, 0.25) is 0 Å². The van der Waals surface area contributed by atoms with E-state index < -0.39 is 10.0 Å². The molecule has 1 amide bonds. The molecule has 0 radical (unpaired) electrons. The lowest BCUT2D eigenvalue weighted by atomic mass is 9.92. The van der Waals surface area contributed by atoms with Crippen LogP contribution in [0.5, 0.6) is 0 Å². The van der Waals surface area contributed by atoms with Gasteiger partial charge in [-0.1, -0.05) is 65.7 Å². The number of hydrogen-bond donors (Lipinski definition) is 1. The fourth-order valence-corrected chi connectivity index (χ4v) is 3.75. The first kappa shape index (κ1) is 22.6. The zero-order valence-corrected chi connectivity index (χ0v) is 17.8. The molecule has 0 aliphatic heterocycles. The van der Waals surface area contributed by atoms with Crippen LogP contribution < -0.4 is 5.32 Å². The fourth-order valence-electron chi connectivity index (χ4n) is 2.93. The minimum Gasteiger partial charge on any atom is -0.324 e. The molecule has 0 bridgehead atoms. The van der Waals surface area contributed by atoms with E-state index >= 15 is 0 Å². The molecule has 0 saturated carbocycles. The van der Waals surface area contributed by atoms with Crippen LogP contribution in [0.3, 0.4) is 0 Å². The third kappa shape index (κ3) is 6.72. The van der Waals surface area contributed by atoms with Crippen molar-refractivity contribution in [3.63, 3.8) is 0 Å². The van der Waals surface area contributed by atoms with Gasteiger partial charge in [0.25, 0.3) is 0 Å². The Morgan fingerprint density at radius 2 is 1.62 bits per heavy atom. The highest BCUT2D eigenvalue weighted by molar-refractivity contribution is 7.88. The summed E-state index contributed by atoms with van der Waals surface area (Å²) in [5.74, 6) is 0.237. The van der Waals surface area contributed by atoms with Gasteiger partial charge in [0, 0.05) is 12.2 Å². The number of nitrogens with one attached hydrogen (secondary N) is 1. The second-order valence-electron chi connectivity index (χ2n) is 7.47. The summed E-state index contributed by atoms with van der Waals surface area (Å²) < 4.78 is 25.3. The predicted octanol–water partition coefficient (Wildman–Crippen LogP) is 4.32. The Hall–Kier alpha value is -1.40. The van der Waals surface area contributed by atoms with Gasteiger partial charge in [0.05, 0.1) is 12.8 Å². The monoisotopic (exact) mass is 382 g/mol. The molecule has 6 heteroatoms. The molecule has 1 N–H and O–H groups in total. The van der Waals surface area contributed by atoms with Crippen molar-refractivity contribution in [3.05, 3.63) is 29.3 Å². The van der Waals surface area contributed by atoms with E-state index in [-0.39, 0.29) is 24.3 Å². The molecule has 0 aliphatic carbocycles. The topological polar surface area (TPSA) is 66.5 Å². The largest absolute Gasteiger partial charge is 0.324 e. The molecule has 0 spiro atoms. The average molecular weight is 383 g/mol. The SMILES string of the molecule is CCCCCN(CC(=O)Nc1c(C(C)C)cccc1C(C)C)S(C)(=O)=O. The fraction of sp³-hybridized carbons (Fsp3) is 0.650. The van der Waals surface area contributed by atoms with Crippen molar-refractivity contribution in [2.45, 2.75) is 65.7 Å². The molecule has 0 aliphatic rings. The number of sulfonamides is 1. The Bertz CT molecular complexity index is 671. The van der Waals surface area contributed by atoms with Gasteiger partial charge in [-0.2, -0.15) is 4.31 Å². The minimum atomic E-state index is -3.41. The first-order valence-corrected chi connectivity index (χ1v) is 11.3. The van der Waals surface area contributed by atoms with Crippen molar-refractivity contribution in [1.29, 1.82) is 0 Å². The normalized spacial score (nSPS) is 12.2. The number of para-hydroxylation sites is 1. The van der Waals surface area contributed by atoms with Crippen molar-refractivity contribution >= 4 is 21.6 Å². The van der Waals surface area contributed by atoms with Crippen LogP contribution in [0.4, 0.5) is 5.69 Å². The molecular formula is C20H34N2O3S. The number of nitrogens with zero attached hydrogens (tertiary/aromatic N) is 1. The van der Waals surface area contributed by atoms with E-state index in [2.05, 4.69) is 39.9 Å². The highest BCUT2D eigenvalue weighted by Gasteiger charge is 2.22. The highest BCUT2D eigenvalue weighted by atomic mass is 32.2. The van der Waals surface area contributed by atoms with Gasteiger partial charge >= 0.3 is 0 Å². The van der Waals surface area contributed by atoms with Gasteiger partial charge < -0.3 is 5.32 Å². The van der Waals surface area contributed by atoms with Crippen LogP contribution in [0.1, 0.15) is 76.8 Å². The van der Waals surface area contributed by atoms with Crippen molar-refractivity contribution in [2.75, 3.05) is 24.7 Å². The second-order valence-corrected chi connectivity index (χ2v) is 9.46. The van der Waals surface area contributed by atoms with Crippen molar-refractivity contribution in [3.8, 4) is 0 Å². The number of carbonyl (C=O) groups excluding carboxylic acids is 1. The van der Waals surface area contributed by atoms with Crippen LogP contribution in [0.25, 0.3) is 0 Å². The van der Waals surface area contributed by atoms with Crippen molar-refractivity contribution in [1.82, 2.24) is 4.31 Å². The Morgan fingerprint density at radius 1 is 1.08 bits per heavy atom. The van der Waals surface area contributed by atoms with Gasteiger partial charge in [0.2, 0.25) is 15.9 Å². The number of hydrogen-bond acceptors (Lipinski definition) is 3. The summed E-state index contributed by atoms with van der Waals surface area (Å²) in [4.78, 5) is 12.6. The molecule has 5 nitrogen and oxygen atoms in total. The minimum absolute atomic E-state index is 0.146. The highest BCUT2D eigenvalue weighted by Crippen LogP contribution is 2.32. The first-order chi connectivity index (χ1) is 12.1. The molecule has 0 atom stereocenters. The smallest absolute Gasteiger partial charge is 0.239 e. The number of rotatable bonds is 10. The maximum atomic E-state index is 12.6. The number of anilines is 1. The van der Waals surface area contributed by atoms with Crippen LogP contribution in [-0.4, -0.2) is 38.0 Å². The van der Waals surface area contributed by atoms with Gasteiger partial charge in [0.15, 0.2) is 0 Å². The van der Waals surface area contributed by atoms with E-state index in [1.54, 1.807) is 0 Å². The molecule has 26 heavy (non-hydrogen) atoms. The van der Waals surface area contributed by atoms with Crippen molar-refractivity contribution < 1.29 is 13.2 Å². The van der Waals surface area contributed by atoms with E-state index in [4.69, 9.17) is 0 Å². The molecule has 0 heterocycles.